The molecule has 14 nitrogen and oxygen atoms in total. The van der Waals surface area contributed by atoms with Crippen LogP contribution in [0.2, 0.25) is 0 Å². The van der Waals surface area contributed by atoms with Crippen LogP contribution in [-0.2, 0) is 23.7 Å². The highest BCUT2D eigenvalue weighted by Gasteiger charge is 2.51. The fourth-order valence-corrected chi connectivity index (χ4v) is 11.5. The number of ether oxygens (including phenoxy) is 4. The molecule has 0 aromatic carbocycles. The van der Waals surface area contributed by atoms with E-state index >= 15 is 0 Å². The maximum absolute atomic E-state index is 13.3. The van der Waals surface area contributed by atoms with Gasteiger partial charge >= 0.3 is 0 Å². The van der Waals surface area contributed by atoms with Gasteiger partial charge in [0.05, 0.1) is 32.0 Å². The third kappa shape index (κ3) is 35.2. The largest absolute Gasteiger partial charge is 0.394 e. The van der Waals surface area contributed by atoms with Crippen molar-refractivity contribution in [1.29, 1.82) is 0 Å². The Morgan fingerprint density at radius 2 is 0.731 bits per heavy atom. The smallest absolute Gasteiger partial charge is 0.220 e. The number of nitrogens with one attached hydrogen (secondary N) is 1. The fraction of sp³-hybridized carbons (Fsp3) is 0.984. The molecule has 2 fully saturated rings. The summed E-state index contributed by atoms with van der Waals surface area (Å²) in [5, 5.41) is 87.5. The van der Waals surface area contributed by atoms with E-state index in [0.29, 0.717) is 12.8 Å². The van der Waals surface area contributed by atoms with Crippen molar-refractivity contribution in [3.8, 4) is 0 Å². The lowest BCUT2D eigenvalue weighted by Gasteiger charge is -2.46. The third-order valence-corrected chi connectivity index (χ3v) is 16.8. The Bertz CT molecular complexity index is 1310. The van der Waals surface area contributed by atoms with Crippen LogP contribution >= 0.6 is 0 Å². The molecule has 0 saturated carbocycles. The van der Waals surface area contributed by atoms with E-state index in [1.54, 1.807) is 0 Å². The molecule has 12 unspecified atom stereocenters. The van der Waals surface area contributed by atoms with Crippen molar-refractivity contribution in [3.63, 3.8) is 0 Å². The average molecular weight is 1120 g/mol. The van der Waals surface area contributed by atoms with Gasteiger partial charge in [0, 0.05) is 6.42 Å². The molecule has 9 N–H and O–H groups in total. The number of hydrogen-bond acceptors (Lipinski definition) is 13. The minimum absolute atomic E-state index is 0.198. The quantitative estimate of drug-likeness (QED) is 0.0259. The van der Waals surface area contributed by atoms with Gasteiger partial charge in [-0.15, -0.1) is 0 Å². The first-order chi connectivity index (χ1) is 38.1. The fourth-order valence-electron chi connectivity index (χ4n) is 11.5. The first-order valence-corrected chi connectivity index (χ1v) is 33.3. The summed E-state index contributed by atoms with van der Waals surface area (Å²) in [6.07, 6.45) is 41.1. The molecule has 2 saturated heterocycles. The maximum Gasteiger partial charge on any atom is 0.220 e. The van der Waals surface area contributed by atoms with Crippen LogP contribution in [0.1, 0.15) is 309 Å². The van der Waals surface area contributed by atoms with Crippen LogP contribution in [0.15, 0.2) is 0 Å². The minimum Gasteiger partial charge on any atom is -0.394 e. The van der Waals surface area contributed by atoms with Crippen LogP contribution < -0.4 is 5.32 Å². The Balaban J connectivity index is 1.70. The number of unbranched alkanes of at least 4 members (excludes halogenated alkanes) is 42. The number of aliphatic hydroxyl groups is 8. The molecule has 14 heteroatoms. The van der Waals surface area contributed by atoms with Gasteiger partial charge in [-0.05, 0) is 12.8 Å². The second kappa shape index (κ2) is 50.5. The molecule has 0 aliphatic carbocycles. The maximum atomic E-state index is 13.3. The van der Waals surface area contributed by atoms with Crippen LogP contribution in [0.5, 0.6) is 0 Å². The molecule has 0 bridgehead atoms. The first kappa shape index (κ1) is 73.1. The number of amides is 1. The summed E-state index contributed by atoms with van der Waals surface area (Å²) in [6.45, 7) is 2.92. The van der Waals surface area contributed by atoms with Gasteiger partial charge in [-0.3, -0.25) is 4.79 Å². The van der Waals surface area contributed by atoms with Crippen molar-refractivity contribution >= 4 is 5.91 Å². The van der Waals surface area contributed by atoms with Crippen LogP contribution in [-0.4, -0.2) is 140 Å². The lowest BCUT2D eigenvalue weighted by atomic mass is 9.97. The van der Waals surface area contributed by atoms with Crippen molar-refractivity contribution in [2.45, 2.75) is 383 Å². The Labute approximate surface area is 476 Å². The molecule has 2 aliphatic heterocycles. The average Bonchev–Trinajstić information content (AvgIpc) is 3.48. The van der Waals surface area contributed by atoms with Gasteiger partial charge in [-0.1, -0.05) is 290 Å². The molecule has 0 radical (unpaired) electrons. The number of hydrogen-bond donors (Lipinski definition) is 9. The second-order valence-corrected chi connectivity index (χ2v) is 24.0. The zero-order valence-electron chi connectivity index (χ0n) is 50.2. The van der Waals surface area contributed by atoms with E-state index in [2.05, 4.69) is 19.2 Å². The Morgan fingerprint density at radius 3 is 1.09 bits per heavy atom. The predicted molar refractivity (Wildman–Crippen MR) is 314 cm³/mol. The molecule has 0 spiro atoms. The van der Waals surface area contributed by atoms with E-state index < -0.39 is 86.8 Å². The molecule has 0 aromatic heterocycles. The van der Waals surface area contributed by atoms with Crippen LogP contribution in [0.4, 0.5) is 0 Å². The third-order valence-electron chi connectivity index (χ3n) is 16.8. The van der Waals surface area contributed by atoms with Gasteiger partial charge < -0.3 is 65.1 Å². The molecule has 464 valence electrons. The Kier molecular flexibility index (Phi) is 47.3. The normalized spacial score (nSPS) is 24.4. The van der Waals surface area contributed by atoms with Crippen molar-refractivity contribution in [3.05, 3.63) is 0 Å². The molecule has 0 aromatic rings. The number of carbonyl (C=O) groups excluding carboxylic acids is 1. The second-order valence-electron chi connectivity index (χ2n) is 24.0. The molecule has 78 heavy (non-hydrogen) atoms. The zero-order valence-corrected chi connectivity index (χ0v) is 50.2. The van der Waals surface area contributed by atoms with E-state index in [0.717, 1.165) is 51.4 Å². The predicted octanol–water partition coefficient (Wildman–Crippen LogP) is 12.5. The first-order valence-electron chi connectivity index (χ1n) is 33.3. The molecule has 1 amide bonds. The summed E-state index contributed by atoms with van der Waals surface area (Å²) in [7, 11) is 0. The molecule has 12 atom stereocenters. The minimum atomic E-state index is -1.78. The summed E-state index contributed by atoms with van der Waals surface area (Å²) in [6, 6.07) is -0.823. The van der Waals surface area contributed by atoms with Crippen LogP contribution in [0.25, 0.3) is 0 Å². The van der Waals surface area contributed by atoms with E-state index in [-0.39, 0.29) is 12.5 Å². The highest BCUT2D eigenvalue weighted by Crippen LogP contribution is 2.30. The molecule has 2 aliphatic rings. The molecular formula is C64H125NO13. The standard InChI is InChI=1S/C64H125NO13/c1-3-5-7-9-11-13-15-17-19-21-23-25-26-28-30-32-34-36-38-40-42-44-46-48-56(69)65-52(53(68)47-45-43-41-39-37-35-33-31-29-27-24-22-20-18-16-14-12-10-8-6-4-2)51-75-63-61(74)59(72)62(55(50-67)77-63)78-64-60(73)58(71)57(70)54(49-66)76-64/h52-55,57-64,66-68,70-74H,3-51H2,1-2H3,(H,65,69). The van der Waals surface area contributed by atoms with Crippen LogP contribution in [0, 0.1) is 0 Å². The zero-order chi connectivity index (χ0) is 56.7. The van der Waals surface area contributed by atoms with Gasteiger partial charge in [0.1, 0.15) is 48.8 Å². The molecule has 2 heterocycles. The summed E-state index contributed by atoms with van der Waals surface area (Å²) in [4.78, 5) is 13.3. The van der Waals surface area contributed by atoms with E-state index in [9.17, 15) is 45.6 Å². The van der Waals surface area contributed by atoms with E-state index in [1.165, 1.54) is 231 Å². The lowest BCUT2D eigenvalue weighted by Crippen LogP contribution is -2.65. The van der Waals surface area contributed by atoms with E-state index in [1.807, 2.05) is 0 Å². The topological polar surface area (TPSA) is 228 Å². The van der Waals surface area contributed by atoms with Crippen molar-refractivity contribution < 1.29 is 64.6 Å². The Morgan fingerprint density at radius 1 is 0.410 bits per heavy atom. The lowest BCUT2D eigenvalue weighted by molar-refractivity contribution is -0.359. The summed E-state index contributed by atoms with van der Waals surface area (Å²) >= 11 is 0. The summed E-state index contributed by atoms with van der Waals surface area (Å²) in [5.74, 6) is -0.198. The highest BCUT2D eigenvalue weighted by atomic mass is 16.7. The van der Waals surface area contributed by atoms with Gasteiger partial charge in [-0.25, -0.2) is 0 Å². The van der Waals surface area contributed by atoms with E-state index in [4.69, 9.17) is 18.9 Å². The van der Waals surface area contributed by atoms with Crippen LogP contribution in [0.3, 0.4) is 0 Å². The van der Waals surface area contributed by atoms with Gasteiger partial charge in [0.25, 0.3) is 0 Å². The number of carbonyl (C=O) groups is 1. The summed E-state index contributed by atoms with van der Waals surface area (Å²) in [5.41, 5.74) is 0. The van der Waals surface area contributed by atoms with Crippen molar-refractivity contribution in [2.75, 3.05) is 19.8 Å². The van der Waals surface area contributed by atoms with Gasteiger partial charge in [-0.2, -0.15) is 0 Å². The number of rotatable bonds is 55. The van der Waals surface area contributed by atoms with Gasteiger partial charge in [0.15, 0.2) is 12.6 Å². The molecule has 2 rings (SSSR count). The highest BCUT2D eigenvalue weighted by molar-refractivity contribution is 5.76. The molecular weight excluding hydrogens is 991 g/mol. The number of aliphatic hydroxyl groups excluding tert-OH is 8. The monoisotopic (exact) mass is 1120 g/mol. The summed E-state index contributed by atoms with van der Waals surface area (Å²) < 4.78 is 22.9. The Hall–Kier alpha value is -1.01. The van der Waals surface area contributed by atoms with Gasteiger partial charge in [0.2, 0.25) is 5.91 Å². The SMILES string of the molecule is CCCCCCCCCCCCCCCCCCCCCCCCCC(=O)NC(COC1OC(CO)C(OC2OC(CO)C(O)C(O)C2O)C(O)C1O)C(O)CCCCCCCCCCCCCCCCCCCCCCC. The van der Waals surface area contributed by atoms with Crippen molar-refractivity contribution in [1.82, 2.24) is 5.32 Å². The van der Waals surface area contributed by atoms with Crippen molar-refractivity contribution in [2.24, 2.45) is 0 Å².